The summed E-state index contributed by atoms with van der Waals surface area (Å²) in [5.41, 5.74) is 1.49. The number of carbonyl (C=O) groups is 1. The second-order valence-corrected chi connectivity index (χ2v) is 8.67. The highest BCUT2D eigenvalue weighted by atomic mass is 32.2. The topological polar surface area (TPSA) is 66.5 Å². The minimum absolute atomic E-state index is 0.152. The quantitative estimate of drug-likeness (QED) is 0.770. The van der Waals surface area contributed by atoms with E-state index in [2.05, 4.69) is 19.2 Å². The number of anilines is 1. The van der Waals surface area contributed by atoms with Gasteiger partial charge < -0.3 is 5.32 Å². The van der Waals surface area contributed by atoms with Crippen LogP contribution < -0.4 is 9.62 Å². The summed E-state index contributed by atoms with van der Waals surface area (Å²) < 4.78 is 25.4. The smallest absolute Gasteiger partial charge is 0.241 e. The van der Waals surface area contributed by atoms with Gasteiger partial charge in [0, 0.05) is 0 Å². The average Bonchev–Trinajstić information content (AvgIpc) is 2.59. The predicted octanol–water partition coefficient (Wildman–Crippen LogP) is 3.36. The fourth-order valence-electron chi connectivity index (χ4n) is 2.80. The summed E-state index contributed by atoms with van der Waals surface area (Å²) in [6.07, 6.45) is 1.88. The van der Waals surface area contributed by atoms with Gasteiger partial charge in [-0.05, 0) is 30.0 Å². The highest BCUT2D eigenvalue weighted by Crippen LogP contribution is 2.22. The third kappa shape index (κ3) is 5.88. The van der Waals surface area contributed by atoms with Crippen LogP contribution in [-0.2, 0) is 14.8 Å². The number of carbonyl (C=O) groups excluding carboxylic acids is 1. The zero-order valence-corrected chi connectivity index (χ0v) is 16.2. The molecule has 0 spiro atoms. The van der Waals surface area contributed by atoms with Crippen LogP contribution in [0.25, 0.3) is 0 Å². The summed E-state index contributed by atoms with van der Waals surface area (Å²) in [5.74, 6) is 0.0643. The first-order valence-corrected chi connectivity index (χ1v) is 10.5. The second kappa shape index (κ2) is 8.85. The lowest BCUT2D eigenvalue weighted by Crippen LogP contribution is -2.41. The summed E-state index contributed by atoms with van der Waals surface area (Å²) in [7, 11) is -3.56. The van der Waals surface area contributed by atoms with Crippen LogP contribution in [0.1, 0.15) is 31.9 Å². The van der Waals surface area contributed by atoms with Crippen molar-refractivity contribution in [3.63, 3.8) is 0 Å². The minimum Gasteiger partial charge on any atom is -0.348 e. The Morgan fingerprint density at radius 3 is 2.04 bits per heavy atom. The molecule has 0 fully saturated rings. The van der Waals surface area contributed by atoms with Gasteiger partial charge in [0.25, 0.3) is 0 Å². The monoisotopic (exact) mass is 374 g/mol. The van der Waals surface area contributed by atoms with Gasteiger partial charge in [0.05, 0.1) is 18.0 Å². The van der Waals surface area contributed by atoms with E-state index in [0.29, 0.717) is 11.6 Å². The number of nitrogens with zero attached hydrogens (tertiary/aromatic N) is 1. The van der Waals surface area contributed by atoms with E-state index >= 15 is 0 Å². The van der Waals surface area contributed by atoms with Crippen LogP contribution >= 0.6 is 0 Å². The van der Waals surface area contributed by atoms with E-state index in [4.69, 9.17) is 0 Å². The second-order valence-electron chi connectivity index (χ2n) is 6.77. The summed E-state index contributed by atoms with van der Waals surface area (Å²) in [6.45, 7) is 3.94. The van der Waals surface area contributed by atoms with Crippen molar-refractivity contribution in [2.24, 2.45) is 5.92 Å². The van der Waals surface area contributed by atoms with Crippen LogP contribution in [0.2, 0.25) is 0 Å². The van der Waals surface area contributed by atoms with Crippen molar-refractivity contribution < 1.29 is 13.2 Å². The third-order valence-electron chi connectivity index (χ3n) is 3.98. The lowest BCUT2D eigenvalue weighted by Gasteiger charge is -2.25. The van der Waals surface area contributed by atoms with E-state index in [0.717, 1.165) is 22.5 Å². The molecule has 0 aliphatic rings. The number of hydrogen-bond acceptors (Lipinski definition) is 3. The Balaban J connectivity index is 2.17. The summed E-state index contributed by atoms with van der Waals surface area (Å²) in [4.78, 5) is 12.6. The molecule has 1 amide bonds. The summed E-state index contributed by atoms with van der Waals surface area (Å²) >= 11 is 0. The molecule has 2 aromatic rings. The van der Waals surface area contributed by atoms with Crippen LogP contribution in [0.5, 0.6) is 0 Å². The first-order chi connectivity index (χ1) is 12.3. The van der Waals surface area contributed by atoms with Gasteiger partial charge in [0.15, 0.2) is 0 Å². The third-order valence-corrected chi connectivity index (χ3v) is 5.12. The van der Waals surface area contributed by atoms with Crippen molar-refractivity contribution in [2.75, 3.05) is 17.1 Å². The number of rotatable bonds is 8. The molecular formula is C20H26N2O3S. The lowest BCUT2D eigenvalue weighted by molar-refractivity contribution is -0.120. The molecule has 0 bridgehead atoms. The molecule has 0 aromatic heterocycles. The zero-order chi connectivity index (χ0) is 19.2. The number of benzene rings is 2. The Labute approximate surface area is 156 Å². The average molecular weight is 375 g/mol. The molecule has 1 N–H and O–H groups in total. The van der Waals surface area contributed by atoms with Gasteiger partial charge in [0.2, 0.25) is 15.9 Å². The predicted molar refractivity (Wildman–Crippen MR) is 105 cm³/mol. The molecule has 0 radical (unpaired) electrons. The number of nitrogens with one attached hydrogen (secondary N) is 1. The summed E-state index contributed by atoms with van der Waals surface area (Å²) in [5, 5.41) is 2.99. The maximum atomic E-state index is 12.6. The first kappa shape index (κ1) is 20.0. The van der Waals surface area contributed by atoms with Gasteiger partial charge in [-0.1, -0.05) is 62.4 Å². The molecule has 0 aliphatic heterocycles. The Kier molecular flexibility index (Phi) is 6.80. The van der Waals surface area contributed by atoms with E-state index in [1.54, 1.807) is 30.3 Å². The molecule has 140 valence electrons. The van der Waals surface area contributed by atoms with Crippen LogP contribution in [0.15, 0.2) is 60.7 Å². The van der Waals surface area contributed by atoms with E-state index in [9.17, 15) is 13.2 Å². The number of amides is 1. The van der Waals surface area contributed by atoms with Gasteiger partial charge in [-0.3, -0.25) is 9.10 Å². The van der Waals surface area contributed by atoms with E-state index in [-0.39, 0.29) is 18.5 Å². The van der Waals surface area contributed by atoms with Crippen molar-refractivity contribution in [2.45, 2.75) is 26.3 Å². The van der Waals surface area contributed by atoms with Crippen LogP contribution in [0, 0.1) is 5.92 Å². The van der Waals surface area contributed by atoms with Crippen LogP contribution in [0.4, 0.5) is 5.69 Å². The molecule has 1 atom stereocenters. The van der Waals surface area contributed by atoms with Crippen molar-refractivity contribution in [3.05, 3.63) is 66.2 Å². The summed E-state index contributed by atoms with van der Waals surface area (Å²) in [6, 6.07) is 18.2. The maximum absolute atomic E-state index is 12.6. The molecule has 0 saturated carbocycles. The molecular weight excluding hydrogens is 348 g/mol. The van der Waals surface area contributed by atoms with Crippen LogP contribution in [-0.4, -0.2) is 27.1 Å². The number of hydrogen-bond donors (Lipinski definition) is 1. The molecule has 2 aromatic carbocycles. The molecule has 26 heavy (non-hydrogen) atoms. The minimum atomic E-state index is -3.56. The first-order valence-electron chi connectivity index (χ1n) is 8.64. The SMILES string of the molecule is CC(C)C[C@H](NC(=O)CN(c1ccccc1)S(C)(=O)=O)c1ccccc1. The number of para-hydroxylation sites is 1. The number of sulfonamides is 1. The Hall–Kier alpha value is -2.34. The Morgan fingerprint density at radius 2 is 1.54 bits per heavy atom. The van der Waals surface area contributed by atoms with Crippen molar-refractivity contribution in [1.82, 2.24) is 5.32 Å². The highest BCUT2D eigenvalue weighted by Gasteiger charge is 2.23. The molecule has 0 aliphatic carbocycles. The molecule has 0 heterocycles. The molecule has 0 unspecified atom stereocenters. The van der Waals surface area contributed by atoms with Crippen molar-refractivity contribution in [3.8, 4) is 0 Å². The normalized spacial score (nSPS) is 12.6. The Morgan fingerprint density at radius 1 is 1.00 bits per heavy atom. The zero-order valence-electron chi connectivity index (χ0n) is 15.4. The standard InChI is InChI=1S/C20H26N2O3S/c1-16(2)14-19(17-10-6-4-7-11-17)21-20(23)15-22(26(3,24)25)18-12-8-5-9-13-18/h4-13,16,19H,14-15H2,1-3H3,(H,21,23)/t19-/m0/s1. The van der Waals surface area contributed by atoms with Crippen molar-refractivity contribution >= 4 is 21.6 Å². The lowest BCUT2D eigenvalue weighted by atomic mass is 9.97. The van der Waals surface area contributed by atoms with E-state index in [1.807, 2.05) is 30.3 Å². The van der Waals surface area contributed by atoms with Gasteiger partial charge in [-0.15, -0.1) is 0 Å². The Bertz CT molecular complexity index is 805. The largest absolute Gasteiger partial charge is 0.348 e. The highest BCUT2D eigenvalue weighted by molar-refractivity contribution is 7.92. The molecule has 2 rings (SSSR count). The maximum Gasteiger partial charge on any atom is 0.241 e. The van der Waals surface area contributed by atoms with Gasteiger partial charge in [-0.2, -0.15) is 0 Å². The molecule has 6 heteroatoms. The molecule has 5 nitrogen and oxygen atoms in total. The van der Waals surface area contributed by atoms with Gasteiger partial charge >= 0.3 is 0 Å². The van der Waals surface area contributed by atoms with Gasteiger partial charge in [0.1, 0.15) is 6.54 Å². The molecule has 0 saturated heterocycles. The van der Waals surface area contributed by atoms with Crippen molar-refractivity contribution in [1.29, 1.82) is 0 Å². The van der Waals surface area contributed by atoms with E-state index in [1.165, 1.54) is 0 Å². The fraction of sp³-hybridized carbons (Fsp3) is 0.350. The van der Waals surface area contributed by atoms with Gasteiger partial charge in [-0.25, -0.2) is 8.42 Å². The fourth-order valence-corrected chi connectivity index (χ4v) is 3.66. The van der Waals surface area contributed by atoms with E-state index < -0.39 is 10.0 Å². The van der Waals surface area contributed by atoms with Crippen LogP contribution in [0.3, 0.4) is 0 Å².